The Morgan fingerprint density at radius 1 is 1.08 bits per heavy atom. The number of likely N-dealkylation sites (N-methyl/N-ethyl adjacent to an activating group) is 1. The summed E-state index contributed by atoms with van der Waals surface area (Å²) in [6.07, 6.45) is 3.37. The average molecular weight is 355 g/mol. The molecule has 26 heavy (non-hydrogen) atoms. The number of pyridine rings is 1. The third kappa shape index (κ3) is 3.80. The Morgan fingerprint density at radius 2 is 1.85 bits per heavy atom. The van der Waals surface area contributed by atoms with E-state index in [4.69, 9.17) is 9.47 Å². The second-order valence-electron chi connectivity index (χ2n) is 6.25. The van der Waals surface area contributed by atoms with Crippen molar-refractivity contribution in [1.82, 2.24) is 14.8 Å². The highest BCUT2D eigenvalue weighted by Crippen LogP contribution is 2.33. The molecule has 1 aliphatic heterocycles. The van der Waals surface area contributed by atoms with Crippen LogP contribution in [0, 0.1) is 0 Å². The largest absolute Gasteiger partial charge is 0.497 e. The SMILES string of the molecule is CCN1CCN(C(=O)c2cncc(-c3cc(OC)ccc3OC)c2)CC1. The third-order valence-corrected chi connectivity index (χ3v) is 4.81. The quantitative estimate of drug-likeness (QED) is 0.825. The predicted octanol–water partition coefficient (Wildman–Crippen LogP) is 2.54. The molecule has 0 spiro atoms. The van der Waals surface area contributed by atoms with Crippen LogP contribution in [0.4, 0.5) is 0 Å². The summed E-state index contributed by atoms with van der Waals surface area (Å²) in [5.74, 6) is 1.47. The van der Waals surface area contributed by atoms with Crippen molar-refractivity contribution >= 4 is 5.91 Å². The minimum absolute atomic E-state index is 0.0250. The van der Waals surface area contributed by atoms with Gasteiger partial charge in [0, 0.05) is 49.7 Å². The summed E-state index contributed by atoms with van der Waals surface area (Å²) >= 11 is 0. The first-order chi connectivity index (χ1) is 12.7. The molecular weight excluding hydrogens is 330 g/mol. The van der Waals surface area contributed by atoms with Gasteiger partial charge in [-0.15, -0.1) is 0 Å². The van der Waals surface area contributed by atoms with E-state index in [0.717, 1.165) is 49.6 Å². The van der Waals surface area contributed by atoms with E-state index in [-0.39, 0.29) is 5.91 Å². The van der Waals surface area contributed by atoms with E-state index in [1.807, 2.05) is 29.2 Å². The Morgan fingerprint density at radius 3 is 2.50 bits per heavy atom. The topological polar surface area (TPSA) is 54.9 Å². The van der Waals surface area contributed by atoms with Gasteiger partial charge in [0.15, 0.2) is 0 Å². The molecule has 1 aliphatic rings. The minimum atomic E-state index is 0.0250. The maximum Gasteiger partial charge on any atom is 0.255 e. The Hall–Kier alpha value is -2.60. The molecule has 0 N–H and O–H groups in total. The van der Waals surface area contributed by atoms with Crippen molar-refractivity contribution in [2.75, 3.05) is 46.9 Å². The van der Waals surface area contributed by atoms with Crippen LogP contribution in [0.2, 0.25) is 0 Å². The van der Waals surface area contributed by atoms with E-state index < -0.39 is 0 Å². The fourth-order valence-corrected chi connectivity index (χ4v) is 3.19. The van der Waals surface area contributed by atoms with Gasteiger partial charge in [0.05, 0.1) is 19.8 Å². The molecule has 1 amide bonds. The van der Waals surface area contributed by atoms with E-state index in [1.54, 1.807) is 26.6 Å². The molecule has 1 fully saturated rings. The van der Waals surface area contributed by atoms with Crippen molar-refractivity contribution in [3.05, 3.63) is 42.2 Å². The van der Waals surface area contributed by atoms with Gasteiger partial charge in [-0.25, -0.2) is 0 Å². The number of ether oxygens (including phenoxy) is 2. The lowest BCUT2D eigenvalue weighted by atomic mass is 10.0. The molecular formula is C20H25N3O3. The Kier molecular flexibility index (Phi) is 5.73. The van der Waals surface area contributed by atoms with E-state index in [0.29, 0.717) is 11.3 Å². The summed E-state index contributed by atoms with van der Waals surface area (Å²) in [7, 11) is 3.25. The number of benzene rings is 1. The molecule has 0 unspecified atom stereocenters. The van der Waals surface area contributed by atoms with Crippen molar-refractivity contribution in [2.45, 2.75) is 6.92 Å². The number of hydrogen-bond acceptors (Lipinski definition) is 5. The summed E-state index contributed by atoms with van der Waals surface area (Å²) < 4.78 is 10.8. The monoisotopic (exact) mass is 355 g/mol. The fourth-order valence-electron chi connectivity index (χ4n) is 3.19. The van der Waals surface area contributed by atoms with E-state index >= 15 is 0 Å². The zero-order valence-corrected chi connectivity index (χ0v) is 15.6. The van der Waals surface area contributed by atoms with Crippen LogP contribution >= 0.6 is 0 Å². The Bertz CT molecular complexity index is 771. The van der Waals surface area contributed by atoms with Crippen LogP contribution in [0.25, 0.3) is 11.1 Å². The van der Waals surface area contributed by atoms with Gasteiger partial charge in [-0.2, -0.15) is 0 Å². The van der Waals surface area contributed by atoms with Crippen molar-refractivity contribution in [1.29, 1.82) is 0 Å². The number of rotatable bonds is 5. The predicted molar refractivity (Wildman–Crippen MR) is 101 cm³/mol. The van der Waals surface area contributed by atoms with Gasteiger partial charge >= 0.3 is 0 Å². The van der Waals surface area contributed by atoms with Crippen LogP contribution in [0.1, 0.15) is 17.3 Å². The molecule has 0 bridgehead atoms. The number of nitrogens with zero attached hydrogens (tertiary/aromatic N) is 3. The third-order valence-electron chi connectivity index (χ3n) is 4.81. The molecule has 1 saturated heterocycles. The molecule has 6 nitrogen and oxygen atoms in total. The van der Waals surface area contributed by atoms with Gasteiger partial charge in [-0.05, 0) is 30.8 Å². The van der Waals surface area contributed by atoms with Crippen LogP contribution < -0.4 is 9.47 Å². The molecule has 1 aromatic carbocycles. The standard InChI is InChI=1S/C20H25N3O3/c1-4-22-7-9-23(10-8-22)20(24)16-11-15(13-21-14-16)18-12-17(25-2)5-6-19(18)26-3/h5-6,11-14H,4,7-10H2,1-3H3. The minimum Gasteiger partial charge on any atom is -0.497 e. The molecule has 2 heterocycles. The number of carbonyl (C=O) groups is 1. The summed E-state index contributed by atoms with van der Waals surface area (Å²) in [5, 5.41) is 0. The van der Waals surface area contributed by atoms with Gasteiger partial charge in [0.2, 0.25) is 0 Å². The first-order valence-electron chi connectivity index (χ1n) is 8.85. The second kappa shape index (κ2) is 8.19. The molecule has 0 atom stereocenters. The first-order valence-corrected chi connectivity index (χ1v) is 8.85. The number of carbonyl (C=O) groups excluding carboxylic acids is 1. The lowest BCUT2D eigenvalue weighted by Gasteiger charge is -2.34. The maximum atomic E-state index is 12.9. The highest BCUT2D eigenvalue weighted by molar-refractivity contribution is 5.95. The molecule has 1 aromatic heterocycles. The lowest BCUT2D eigenvalue weighted by Crippen LogP contribution is -2.48. The van der Waals surface area contributed by atoms with Crippen molar-refractivity contribution in [3.63, 3.8) is 0 Å². The van der Waals surface area contributed by atoms with Crippen LogP contribution in [0.15, 0.2) is 36.7 Å². The molecule has 2 aromatic rings. The number of hydrogen-bond donors (Lipinski definition) is 0. The van der Waals surface area contributed by atoms with Crippen molar-refractivity contribution < 1.29 is 14.3 Å². The van der Waals surface area contributed by atoms with Gasteiger partial charge in [0.1, 0.15) is 11.5 Å². The Balaban J connectivity index is 1.86. The molecule has 6 heteroatoms. The first kappa shape index (κ1) is 18.2. The van der Waals surface area contributed by atoms with Crippen LogP contribution in [0.3, 0.4) is 0 Å². The molecule has 0 saturated carbocycles. The van der Waals surface area contributed by atoms with Crippen LogP contribution in [-0.2, 0) is 0 Å². The van der Waals surface area contributed by atoms with E-state index in [2.05, 4.69) is 16.8 Å². The van der Waals surface area contributed by atoms with Crippen molar-refractivity contribution in [3.8, 4) is 22.6 Å². The zero-order valence-electron chi connectivity index (χ0n) is 15.6. The van der Waals surface area contributed by atoms with Gasteiger partial charge in [-0.1, -0.05) is 6.92 Å². The van der Waals surface area contributed by atoms with E-state index in [9.17, 15) is 4.79 Å². The van der Waals surface area contributed by atoms with Crippen LogP contribution in [0.5, 0.6) is 11.5 Å². The average Bonchev–Trinajstić information content (AvgIpc) is 2.72. The smallest absolute Gasteiger partial charge is 0.255 e. The zero-order chi connectivity index (χ0) is 18.5. The number of amides is 1. The van der Waals surface area contributed by atoms with Gasteiger partial charge < -0.3 is 19.3 Å². The second-order valence-corrected chi connectivity index (χ2v) is 6.25. The van der Waals surface area contributed by atoms with Gasteiger partial charge in [0.25, 0.3) is 5.91 Å². The highest BCUT2D eigenvalue weighted by atomic mass is 16.5. The Labute approximate surface area is 154 Å². The van der Waals surface area contributed by atoms with Crippen LogP contribution in [-0.4, -0.2) is 67.6 Å². The maximum absolute atomic E-state index is 12.9. The van der Waals surface area contributed by atoms with Crippen molar-refractivity contribution in [2.24, 2.45) is 0 Å². The fraction of sp³-hybridized carbons (Fsp3) is 0.400. The number of piperazine rings is 1. The summed E-state index contributed by atoms with van der Waals surface area (Å²) in [6.45, 7) is 6.50. The van der Waals surface area contributed by atoms with Gasteiger partial charge in [-0.3, -0.25) is 9.78 Å². The molecule has 138 valence electrons. The molecule has 0 radical (unpaired) electrons. The molecule has 3 rings (SSSR count). The lowest BCUT2D eigenvalue weighted by molar-refractivity contribution is 0.0643. The normalized spacial score (nSPS) is 15.0. The summed E-state index contributed by atoms with van der Waals surface area (Å²) in [4.78, 5) is 21.4. The number of aromatic nitrogens is 1. The summed E-state index contributed by atoms with van der Waals surface area (Å²) in [5.41, 5.74) is 2.28. The molecule has 0 aliphatic carbocycles. The number of methoxy groups -OCH3 is 2. The summed E-state index contributed by atoms with van der Waals surface area (Å²) in [6, 6.07) is 7.47. The highest BCUT2D eigenvalue weighted by Gasteiger charge is 2.22. The van der Waals surface area contributed by atoms with E-state index in [1.165, 1.54) is 0 Å².